The van der Waals surface area contributed by atoms with Crippen molar-refractivity contribution in [1.29, 1.82) is 0 Å². The SMILES string of the molecule is CN(C1CCC(N)CC1)S(=O)(=O)c1ccc2c(c1)CCO2. The Bertz CT molecular complexity index is 622. The molecule has 3 rings (SSSR count). The zero-order valence-electron chi connectivity index (χ0n) is 12.3. The molecule has 1 aliphatic carbocycles. The van der Waals surface area contributed by atoms with Gasteiger partial charge in [0.15, 0.2) is 0 Å². The number of sulfonamides is 1. The van der Waals surface area contributed by atoms with E-state index in [1.807, 2.05) is 0 Å². The van der Waals surface area contributed by atoms with E-state index in [1.54, 1.807) is 25.2 Å². The van der Waals surface area contributed by atoms with Gasteiger partial charge in [-0.1, -0.05) is 0 Å². The average molecular weight is 310 g/mol. The zero-order valence-corrected chi connectivity index (χ0v) is 13.1. The monoisotopic (exact) mass is 310 g/mol. The topological polar surface area (TPSA) is 72.6 Å². The van der Waals surface area contributed by atoms with Crippen molar-refractivity contribution in [2.75, 3.05) is 13.7 Å². The summed E-state index contributed by atoms with van der Waals surface area (Å²) in [7, 11) is -1.76. The molecular weight excluding hydrogens is 288 g/mol. The smallest absolute Gasteiger partial charge is 0.243 e. The molecule has 1 fully saturated rings. The molecule has 1 heterocycles. The largest absolute Gasteiger partial charge is 0.493 e. The van der Waals surface area contributed by atoms with Crippen LogP contribution in [0.2, 0.25) is 0 Å². The molecule has 0 amide bonds. The van der Waals surface area contributed by atoms with E-state index in [2.05, 4.69) is 0 Å². The minimum atomic E-state index is -3.44. The van der Waals surface area contributed by atoms with E-state index in [0.29, 0.717) is 11.5 Å². The molecule has 21 heavy (non-hydrogen) atoms. The quantitative estimate of drug-likeness (QED) is 0.918. The third-order valence-electron chi connectivity index (χ3n) is 4.59. The van der Waals surface area contributed by atoms with Crippen LogP contribution in [0.25, 0.3) is 0 Å². The molecule has 0 spiro atoms. The summed E-state index contributed by atoms with van der Waals surface area (Å²) in [6.07, 6.45) is 4.24. The summed E-state index contributed by atoms with van der Waals surface area (Å²) < 4.78 is 32.5. The van der Waals surface area contributed by atoms with Gasteiger partial charge >= 0.3 is 0 Å². The predicted molar refractivity (Wildman–Crippen MR) is 80.8 cm³/mol. The van der Waals surface area contributed by atoms with Gasteiger partial charge in [-0.15, -0.1) is 0 Å². The van der Waals surface area contributed by atoms with Crippen LogP contribution in [-0.4, -0.2) is 38.5 Å². The Morgan fingerprint density at radius 2 is 1.95 bits per heavy atom. The van der Waals surface area contributed by atoms with Crippen molar-refractivity contribution in [2.24, 2.45) is 5.73 Å². The van der Waals surface area contributed by atoms with Gasteiger partial charge < -0.3 is 10.5 Å². The van der Waals surface area contributed by atoms with Gasteiger partial charge in [-0.3, -0.25) is 0 Å². The first kappa shape index (κ1) is 14.8. The fraction of sp³-hybridized carbons (Fsp3) is 0.600. The molecule has 2 N–H and O–H groups in total. The number of nitrogens with two attached hydrogens (primary N) is 1. The Morgan fingerprint density at radius 1 is 1.24 bits per heavy atom. The van der Waals surface area contributed by atoms with Gasteiger partial charge in [0.25, 0.3) is 0 Å². The van der Waals surface area contributed by atoms with Gasteiger partial charge in [-0.25, -0.2) is 8.42 Å². The Labute approximate surface area is 126 Å². The summed E-state index contributed by atoms with van der Waals surface area (Å²) in [6.45, 7) is 0.634. The van der Waals surface area contributed by atoms with E-state index >= 15 is 0 Å². The van der Waals surface area contributed by atoms with Crippen LogP contribution in [0.3, 0.4) is 0 Å². The molecule has 0 bridgehead atoms. The highest BCUT2D eigenvalue weighted by molar-refractivity contribution is 7.89. The van der Waals surface area contributed by atoms with Crippen LogP contribution in [0.4, 0.5) is 0 Å². The van der Waals surface area contributed by atoms with E-state index in [9.17, 15) is 8.42 Å². The molecule has 0 saturated heterocycles. The maximum absolute atomic E-state index is 12.8. The highest BCUT2D eigenvalue weighted by Gasteiger charge is 2.31. The summed E-state index contributed by atoms with van der Waals surface area (Å²) in [6, 6.07) is 5.43. The molecule has 0 unspecified atom stereocenters. The predicted octanol–water partition coefficient (Wildman–Crippen LogP) is 1.51. The second kappa shape index (κ2) is 5.59. The first-order valence-electron chi connectivity index (χ1n) is 7.48. The van der Waals surface area contributed by atoms with Crippen LogP contribution in [0.1, 0.15) is 31.2 Å². The molecule has 2 aliphatic rings. The summed E-state index contributed by atoms with van der Waals surface area (Å²) >= 11 is 0. The summed E-state index contributed by atoms with van der Waals surface area (Å²) in [5, 5.41) is 0. The molecule has 0 atom stereocenters. The van der Waals surface area contributed by atoms with Crippen LogP contribution in [0, 0.1) is 0 Å². The molecule has 0 radical (unpaired) electrons. The third kappa shape index (κ3) is 2.80. The lowest BCUT2D eigenvalue weighted by Crippen LogP contribution is -2.41. The Kier molecular flexibility index (Phi) is 3.94. The summed E-state index contributed by atoms with van der Waals surface area (Å²) in [4.78, 5) is 0.365. The van der Waals surface area contributed by atoms with Crippen LogP contribution in [0.15, 0.2) is 23.1 Å². The lowest BCUT2D eigenvalue weighted by Gasteiger charge is -2.32. The maximum Gasteiger partial charge on any atom is 0.243 e. The van der Waals surface area contributed by atoms with Crippen LogP contribution in [-0.2, 0) is 16.4 Å². The Hall–Kier alpha value is -1.11. The van der Waals surface area contributed by atoms with E-state index < -0.39 is 10.0 Å². The van der Waals surface area contributed by atoms with Crippen LogP contribution in [0.5, 0.6) is 5.75 Å². The van der Waals surface area contributed by atoms with Gasteiger partial charge in [-0.2, -0.15) is 4.31 Å². The average Bonchev–Trinajstić information content (AvgIpc) is 2.94. The van der Waals surface area contributed by atoms with Crippen molar-refractivity contribution < 1.29 is 13.2 Å². The number of fused-ring (bicyclic) bond motifs is 1. The van der Waals surface area contributed by atoms with Crippen molar-refractivity contribution in [1.82, 2.24) is 4.31 Å². The van der Waals surface area contributed by atoms with Gasteiger partial charge in [0.2, 0.25) is 10.0 Å². The third-order valence-corrected chi connectivity index (χ3v) is 6.50. The van der Waals surface area contributed by atoms with Crippen LogP contribution >= 0.6 is 0 Å². The van der Waals surface area contributed by atoms with Gasteiger partial charge in [0.1, 0.15) is 5.75 Å². The zero-order chi connectivity index (χ0) is 15.0. The van der Waals surface area contributed by atoms with Gasteiger partial charge in [-0.05, 0) is 49.4 Å². The first-order valence-corrected chi connectivity index (χ1v) is 8.92. The Morgan fingerprint density at radius 3 is 2.67 bits per heavy atom. The molecule has 1 aromatic carbocycles. The normalized spacial score (nSPS) is 25.7. The second-order valence-electron chi connectivity index (χ2n) is 5.96. The minimum absolute atomic E-state index is 0.0549. The summed E-state index contributed by atoms with van der Waals surface area (Å²) in [5.41, 5.74) is 6.88. The van der Waals surface area contributed by atoms with E-state index in [-0.39, 0.29) is 12.1 Å². The van der Waals surface area contributed by atoms with Crippen molar-refractivity contribution >= 4 is 10.0 Å². The second-order valence-corrected chi connectivity index (χ2v) is 7.96. The number of rotatable bonds is 3. The first-order chi connectivity index (χ1) is 9.98. The summed E-state index contributed by atoms with van der Waals surface area (Å²) in [5.74, 6) is 0.806. The van der Waals surface area contributed by atoms with Gasteiger partial charge in [0.05, 0.1) is 11.5 Å². The lowest BCUT2D eigenvalue weighted by molar-refractivity contribution is 0.268. The number of benzene rings is 1. The van der Waals surface area contributed by atoms with E-state index in [4.69, 9.17) is 10.5 Å². The highest BCUT2D eigenvalue weighted by atomic mass is 32.2. The molecule has 5 nitrogen and oxygen atoms in total. The maximum atomic E-state index is 12.8. The van der Waals surface area contributed by atoms with E-state index in [1.165, 1.54) is 4.31 Å². The number of nitrogens with zero attached hydrogens (tertiary/aromatic N) is 1. The number of hydrogen-bond acceptors (Lipinski definition) is 4. The molecule has 1 aliphatic heterocycles. The lowest BCUT2D eigenvalue weighted by atomic mass is 9.92. The van der Waals surface area contributed by atoms with E-state index in [0.717, 1.165) is 43.4 Å². The minimum Gasteiger partial charge on any atom is -0.493 e. The van der Waals surface area contributed by atoms with Crippen LogP contribution < -0.4 is 10.5 Å². The fourth-order valence-corrected chi connectivity index (χ4v) is 4.62. The molecular formula is C15H22N2O3S. The number of hydrogen-bond donors (Lipinski definition) is 1. The molecule has 6 heteroatoms. The van der Waals surface area contributed by atoms with Crippen molar-refractivity contribution in [2.45, 2.75) is 49.1 Å². The standard InChI is InChI=1S/C15H22N2O3S/c1-17(13-4-2-12(16)3-5-13)21(18,19)14-6-7-15-11(10-14)8-9-20-15/h6-7,10,12-13H,2-5,8-9,16H2,1H3. The molecule has 0 aromatic heterocycles. The molecule has 1 aromatic rings. The van der Waals surface area contributed by atoms with Crippen molar-refractivity contribution in [3.05, 3.63) is 23.8 Å². The fourth-order valence-electron chi connectivity index (χ4n) is 3.15. The van der Waals surface area contributed by atoms with Crippen molar-refractivity contribution in [3.8, 4) is 5.75 Å². The molecule has 116 valence electrons. The van der Waals surface area contributed by atoms with Gasteiger partial charge in [0, 0.05) is 25.6 Å². The molecule has 1 saturated carbocycles. The Balaban J connectivity index is 1.82. The highest BCUT2D eigenvalue weighted by Crippen LogP contribution is 2.31. The number of ether oxygens (including phenoxy) is 1. The van der Waals surface area contributed by atoms with Crippen molar-refractivity contribution in [3.63, 3.8) is 0 Å².